The smallest absolute Gasteiger partial charge is 0.213 e. The van der Waals surface area contributed by atoms with E-state index in [9.17, 15) is 0 Å². The Balaban J connectivity index is 1.19. The molecule has 2 fully saturated rings. The highest BCUT2D eigenvalue weighted by Gasteiger charge is 2.54. The van der Waals surface area contributed by atoms with Crippen molar-refractivity contribution in [1.82, 2.24) is 14.9 Å². The highest BCUT2D eigenvalue weighted by atomic mass is 16.5. The number of hydrogen-bond donors (Lipinski definition) is 2. The molecule has 3 aromatic rings. The summed E-state index contributed by atoms with van der Waals surface area (Å²) < 4.78 is 5.99. The number of aromatic nitrogens is 2. The van der Waals surface area contributed by atoms with Crippen molar-refractivity contribution in [3.8, 4) is 5.88 Å². The molecule has 3 N–H and O–H groups in total. The predicted octanol–water partition coefficient (Wildman–Crippen LogP) is 3.01. The molecular formula is C22H25N5O. The number of piperidine rings is 1. The minimum atomic E-state index is 0.562. The van der Waals surface area contributed by atoms with E-state index in [1.165, 1.54) is 13.1 Å². The van der Waals surface area contributed by atoms with Crippen molar-refractivity contribution in [3.05, 3.63) is 54.4 Å². The van der Waals surface area contributed by atoms with Gasteiger partial charge in [-0.1, -0.05) is 0 Å². The van der Waals surface area contributed by atoms with Crippen LogP contribution in [0.3, 0.4) is 0 Å². The van der Waals surface area contributed by atoms with E-state index in [1.54, 1.807) is 6.20 Å². The Morgan fingerprint density at radius 1 is 1.11 bits per heavy atom. The molecule has 144 valence electrons. The molecule has 2 aliphatic rings. The number of anilines is 2. The molecule has 0 radical (unpaired) electrons. The molecule has 2 aromatic heterocycles. The third kappa shape index (κ3) is 3.36. The molecule has 0 bridgehead atoms. The zero-order valence-corrected chi connectivity index (χ0v) is 16.0. The Hall–Kier alpha value is -2.86. The summed E-state index contributed by atoms with van der Waals surface area (Å²) in [5.41, 5.74) is 8.12. The number of benzene rings is 1. The van der Waals surface area contributed by atoms with E-state index in [-0.39, 0.29) is 0 Å². The second kappa shape index (κ2) is 6.95. The highest BCUT2D eigenvalue weighted by molar-refractivity contribution is 5.92. The lowest BCUT2D eigenvalue weighted by Crippen LogP contribution is -2.21. The zero-order valence-electron chi connectivity index (χ0n) is 16.0. The van der Waals surface area contributed by atoms with Gasteiger partial charge >= 0.3 is 0 Å². The van der Waals surface area contributed by atoms with Crippen molar-refractivity contribution in [2.75, 3.05) is 37.8 Å². The third-order valence-electron chi connectivity index (χ3n) is 6.07. The van der Waals surface area contributed by atoms with Gasteiger partial charge in [0.1, 0.15) is 5.82 Å². The van der Waals surface area contributed by atoms with E-state index in [0.29, 0.717) is 18.3 Å². The molecule has 1 saturated carbocycles. The van der Waals surface area contributed by atoms with Crippen LogP contribution in [0.5, 0.6) is 5.88 Å². The largest absolute Gasteiger partial charge is 0.477 e. The number of hydrogen-bond acceptors (Lipinski definition) is 6. The second-order valence-electron chi connectivity index (χ2n) is 8.01. The number of fused-ring (bicyclic) bond motifs is 2. The second-order valence-corrected chi connectivity index (χ2v) is 8.01. The Kier molecular flexibility index (Phi) is 4.28. The summed E-state index contributed by atoms with van der Waals surface area (Å²) in [4.78, 5) is 10.9. The van der Waals surface area contributed by atoms with Crippen molar-refractivity contribution in [2.24, 2.45) is 17.8 Å². The van der Waals surface area contributed by atoms with Crippen LogP contribution in [-0.2, 0) is 6.54 Å². The molecule has 1 saturated heterocycles. The summed E-state index contributed by atoms with van der Waals surface area (Å²) in [5.74, 6) is 3.64. The average molecular weight is 375 g/mol. The minimum absolute atomic E-state index is 0.562. The molecule has 2 atom stereocenters. The van der Waals surface area contributed by atoms with Crippen molar-refractivity contribution < 1.29 is 4.74 Å². The molecule has 1 aliphatic carbocycles. The average Bonchev–Trinajstić information content (AvgIpc) is 3.17. The first-order valence-electron chi connectivity index (χ1n) is 9.82. The summed E-state index contributed by atoms with van der Waals surface area (Å²) in [6.45, 7) is 3.92. The number of rotatable bonds is 6. The number of likely N-dealkylation sites (tertiary alicyclic amines) is 1. The molecule has 0 amide bonds. The van der Waals surface area contributed by atoms with Crippen LogP contribution in [-0.4, -0.2) is 41.6 Å². The number of nitrogens with zero attached hydrogens (tertiary/aromatic N) is 3. The molecule has 6 heteroatoms. The zero-order chi connectivity index (χ0) is 19.1. The quantitative estimate of drug-likeness (QED) is 0.690. The van der Waals surface area contributed by atoms with Gasteiger partial charge in [-0.25, -0.2) is 9.97 Å². The maximum Gasteiger partial charge on any atom is 0.213 e. The molecule has 0 spiro atoms. The lowest BCUT2D eigenvalue weighted by Gasteiger charge is -2.13. The predicted molar refractivity (Wildman–Crippen MR) is 111 cm³/mol. The van der Waals surface area contributed by atoms with Gasteiger partial charge in [-0.3, -0.25) is 0 Å². The maximum absolute atomic E-state index is 5.99. The van der Waals surface area contributed by atoms with Crippen LogP contribution in [0.15, 0.2) is 48.8 Å². The van der Waals surface area contributed by atoms with Gasteiger partial charge in [-0.05, 0) is 60.2 Å². The molecule has 2 unspecified atom stereocenters. The van der Waals surface area contributed by atoms with E-state index >= 15 is 0 Å². The van der Waals surface area contributed by atoms with Crippen LogP contribution in [0.25, 0.3) is 10.8 Å². The van der Waals surface area contributed by atoms with Gasteiger partial charge in [-0.2, -0.15) is 0 Å². The summed E-state index contributed by atoms with van der Waals surface area (Å²) in [5, 5.41) is 5.52. The molecule has 6 nitrogen and oxygen atoms in total. The minimum Gasteiger partial charge on any atom is -0.477 e. The van der Waals surface area contributed by atoms with Gasteiger partial charge in [0.25, 0.3) is 0 Å². The third-order valence-corrected chi connectivity index (χ3v) is 6.07. The SMILES string of the molecule is CN1CC2C(COc3cc(CNc4ccc5c(N)nccc5c4)ccn3)C2C1. The van der Waals surface area contributed by atoms with Gasteiger partial charge in [0.2, 0.25) is 5.88 Å². The van der Waals surface area contributed by atoms with E-state index in [0.717, 1.165) is 46.3 Å². The standard InChI is InChI=1S/C22H25N5O/c1-27-11-18-19(12-27)20(18)13-28-21-8-14(4-6-24-21)10-26-16-2-3-17-15(9-16)5-7-25-22(17)23/h2-9,18-20,26H,10-13H2,1H3,(H2,23,25). The van der Waals surface area contributed by atoms with Crippen molar-refractivity contribution in [2.45, 2.75) is 6.54 Å². The van der Waals surface area contributed by atoms with Crippen LogP contribution in [0.4, 0.5) is 11.5 Å². The van der Waals surface area contributed by atoms with Crippen molar-refractivity contribution in [3.63, 3.8) is 0 Å². The van der Waals surface area contributed by atoms with Gasteiger partial charge in [0.15, 0.2) is 0 Å². The van der Waals surface area contributed by atoms with Gasteiger partial charge in [0.05, 0.1) is 6.61 Å². The Morgan fingerprint density at radius 2 is 1.93 bits per heavy atom. The van der Waals surface area contributed by atoms with E-state index < -0.39 is 0 Å². The molecule has 28 heavy (non-hydrogen) atoms. The van der Waals surface area contributed by atoms with Gasteiger partial charge in [0, 0.05) is 55.1 Å². The lowest BCUT2D eigenvalue weighted by atomic mass is 10.1. The fraction of sp³-hybridized carbons (Fsp3) is 0.364. The topological polar surface area (TPSA) is 76.3 Å². The Labute approximate surface area is 164 Å². The maximum atomic E-state index is 5.99. The lowest BCUT2D eigenvalue weighted by molar-refractivity contribution is 0.246. The first kappa shape index (κ1) is 17.3. The van der Waals surface area contributed by atoms with Crippen LogP contribution < -0.4 is 15.8 Å². The molecule has 5 rings (SSSR count). The highest BCUT2D eigenvalue weighted by Crippen LogP contribution is 2.51. The first-order chi connectivity index (χ1) is 13.7. The summed E-state index contributed by atoms with van der Waals surface area (Å²) in [6, 6.07) is 12.1. The summed E-state index contributed by atoms with van der Waals surface area (Å²) in [7, 11) is 2.20. The Morgan fingerprint density at radius 3 is 2.79 bits per heavy atom. The van der Waals surface area contributed by atoms with Gasteiger partial charge < -0.3 is 20.7 Å². The van der Waals surface area contributed by atoms with Gasteiger partial charge in [-0.15, -0.1) is 0 Å². The Bertz CT molecular complexity index is 995. The van der Waals surface area contributed by atoms with E-state index in [4.69, 9.17) is 10.5 Å². The monoisotopic (exact) mass is 375 g/mol. The molecule has 3 heterocycles. The molecule has 1 aliphatic heterocycles. The first-order valence-corrected chi connectivity index (χ1v) is 9.82. The fourth-order valence-electron chi connectivity index (χ4n) is 4.44. The van der Waals surface area contributed by atoms with Crippen molar-refractivity contribution >= 4 is 22.3 Å². The number of nitrogen functional groups attached to an aromatic ring is 1. The van der Waals surface area contributed by atoms with E-state index in [1.807, 2.05) is 36.5 Å². The fourth-order valence-corrected chi connectivity index (χ4v) is 4.44. The number of pyridine rings is 2. The number of nitrogens with one attached hydrogen (secondary N) is 1. The van der Waals surface area contributed by atoms with Crippen LogP contribution in [0, 0.1) is 17.8 Å². The summed E-state index contributed by atoms with van der Waals surface area (Å²) >= 11 is 0. The van der Waals surface area contributed by atoms with E-state index in [2.05, 4.69) is 33.3 Å². The van der Waals surface area contributed by atoms with Crippen molar-refractivity contribution in [1.29, 1.82) is 0 Å². The summed E-state index contributed by atoms with van der Waals surface area (Å²) in [6.07, 6.45) is 3.56. The number of nitrogens with two attached hydrogens (primary N) is 1. The normalized spacial score (nSPS) is 23.5. The number of ether oxygens (including phenoxy) is 1. The van der Waals surface area contributed by atoms with Crippen LogP contribution >= 0.6 is 0 Å². The molecule has 1 aromatic carbocycles. The molecular weight excluding hydrogens is 350 g/mol. The van der Waals surface area contributed by atoms with Crippen LogP contribution in [0.2, 0.25) is 0 Å². The van der Waals surface area contributed by atoms with Crippen LogP contribution in [0.1, 0.15) is 5.56 Å².